The minimum atomic E-state index is 0.152. The van der Waals surface area contributed by atoms with Crippen LogP contribution in [0.15, 0.2) is 24.3 Å². The van der Waals surface area contributed by atoms with Crippen molar-refractivity contribution in [2.24, 2.45) is 0 Å². The lowest BCUT2D eigenvalue weighted by atomic mass is 9.94. The van der Waals surface area contributed by atoms with Crippen LogP contribution in [0.1, 0.15) is 37.3 Å². The second-order valence-corrected chi connectivity index (χ2v) is 4.95. The molecule has 2 aliphatic rings. The zero-order valence-corrected chi connectivity index (χ0v) is 9.98. The average Bonchev–Trinajstić information content (AvgIpc) is 2.39. The molecule has 1 amide bonds. The fraction of sp³-hybridized carbons (Fsp3) is 0.500. The molecule has 1 aromatic rings. The van der Waals surface area contributed by atoms with Crippen LogP contribution in [0, 0.1) is 0 Å². The lowest BCUT2D eigenvalue weighted by Gasteiger charge is -2.37. The van der Waals surface area contributed by atoms with Crippen molar-refractivity contribution in [1.82, 2.24) is 4.90 Å². The molecule has 0 radical (unpaired) electrons. The molecule has 3 nitrogen and oxygen atoms in total. The summed E-state index contributed by atoms with van der Waals surface area (Å²) >= 11 is 0. The zero-order valence-electron chi connectivity index (χ0n) is 9.98. The summed E-state index contributed by atoms with van der Waals surface area (Å²) in [7, 11) is 0. The summed E-state index contributed by atoms with van der Waals surface area (Å²) in [6.07, 6.45) is 4.47. The van der Waals surface area contributed by atoms with E-state index in [1.807, 2.05) is 12.1 Å². The predicted octanol–water partition coefficient (Wildman–Crippen LogP) is 2.56. The minimum Gasteiger partial charge on any atom is -0.326 e. The van der Waals surface area contributed by atoms with Crippen molar-refractivity contribution in [2.45, 2.75) is 31.7 Å². The van der Waals surface area contributed by atoms with Crippen LogP contribution in [-0.2, 0) is 4.79 Å². The monoisotopic (exact) mass is 230 g/mol. The standard InChI is InChI=1S/C14H18N2O/c17-14-10-13(16-8-4-1-5-9-16)11-6-2-3-7-12(11)15-14/h2-3,6-7,13H,1,4-5,8-10H2,(H,15,17). The van der Waals surface area contributed by atoms with E-state index in [-0.39, 0.29) is 5.91 Å². The molecule has 1 N–H and O–H groups in total. The molecule has 1 atom stereocenters. The van der Waals surface area contributed by atoms with E-state index in [1.165, 1.54) is 24.8 Å². The van der Waals surface area contributed by atoms with Crippen molar-refractivity contribution < 1.29 is 4.79 Å². The van der Waals surface area contributed by atoms with Gasteiger partial charge in [0.25, 0.3) is 0 Å². The van der Waals surface area contributed by atoms with Crippen molar-refractivity contribution in [3.8, 4) is 0 Å². The molecule has 0 aliphatic carbocycles. The zero-order chi connectivity index (χ0) is 11.7. The number of amides is 1. The molecule has 1 fully saturated rings. The number of nitrogens with one attached hydrogen (secondary N) is 1. The first-order valence-corrected chi connectivity index (χ1v) is 6.47. The molecule has 90 valence electrons. The lowest BCUT2D eigenvalue weighted by Crippen LogP contribution is -2.38. The number of likely N-dealkylation sites (tertiary alicyclic amines) is 1. The Morgan fingerprint density at radius 1 is 1.12 bits per heavy atom. The highest BCUT2D eigenvalue weighted by atomic mass is 16.1. The second kappa shape index (κ2) is 4.49. The molecule has 1 aromatic carbocycles. The Morgan fingerprint density at radius 2 is 1.88 bits per heavy atom. The van der Waals surface area contributed by atoms with Gasteiger partial charge in [-0.3, -0.25) is 9.69 Å². The van der Waals surface area contributed by atoms with Gasteiger partial charge < -0.3 is 5.32 Å². The van der Waals surface area contributed by atoms with Crippen LogP contribution in [0.25, 0.3) is 0 Å². The third kappa shape index (κ3) is 2.07. The van der Waals surface area contributed by atoms with Gasteiger partial charge in [-0.15, -0.1) is 0 Å². The van der Waals surface area contributed by atoms with Gasteiger partial charge in [-0.1, -0.05) is 24.6 Å². The third-order valence-electron chi connectivity index (χ3n) is 3.80. The first kappa shape index (κ1) is 10.8. The largest absolute Gasteiger partial charge is 0.326 e. The van der Waals surface area contributed by atoms with Crippen LogP contribution in [-0.4, -0.2) is 23.9 Å². The number of carbonyl (C=O) groups excluding carboxylic acids is 1. The summed E-state index contributed by atoms with van der Waals surface area (Å²) in [5.74, 6) is 0.152. The number of hydrogen-bond acceptors (Lipinski definition) is 2. The molecule has 0 saturated carbocycles. The fourth-order valence-electron chi connectivity index (χ4n) is 2.94. The molecule has 17 heavy (non-hydrogen) atoms. The number of piperidine rings is 1. The maximum absolute atomic E-state index is 11.7. The number of rotatable bonds is 1. The molecule has 0 spiro atoms. The van der Waals surface area contributed by atoms with E-state index < -0.39 is 0 Å². The molecule has 2 aliphatic heterocycles. The van der Waals surface area contributed by atoms with Crippen LogP contribution >= 0.6 is 0 Å². The van der Waals surface area contributed by atoms with E-state index in [0.29, 0.717) is 12.5 Å². The highest BCUT2D eigenvalue weighted by molar-refractivity contribution is 5.94. The molecule has 0 bridgehead atoms. The minimum absolute atomic E-state index is 0.152. The Balaban J connectivity index is 1.91. The van der Waals surface area contributed by atoms with Gasteiger partial charge in [0.2, 0.25) is 5.91 Å². The first-order chi connectivity index (χ1) is 8.34. The van der Waals surface area contributed by atoms with Gasteiger partial charge >= 0.3 is 0 Å². The molecular weight excluding hydrogens is 212 g/mol. The molecule has 1 saturated heterocycles. The van der Waals surface area contributed by atoms with Gasteiger partial charge in [0.15, 0.2) is 0 Å². The van der Waals surface area contributed by atoms with Gasteiger partial charge in [-0.25, -0.2) is 0 Å². The van der Waals surface area contributed by atoms with Gasteiger partial charge in [0.1, 0.15) is 0 Å². The summed E-state index contributed by atoms with van der Waals surface area (Å²) in [5, 5.41) is 2.96. The molecule has 0 aromatic heterocycles. The van der Waals surface area contributed by atoms with Gasteiger partial charge in [-0.05, 0) is 37.6 Å². The maximum atomic E-state index is 11.7. The van der Waals surface area contributed by atoms with E-state index in [9.17, 15) is 4.79 Å². The number of fused-ring (bicyclic) bond motifs is 1. The lowest BCUT2D eigenvalue weighted by molar-refractivity contribution is -0.118. The van der Waals surface area contributed by atoms with Crippen LogP contribution in [0.4, 0.5) is 5.69 Å². The highest BCUT2D eigenvalue weighted by Gasteiger charge is 2.30. The van der Waals surface area contributed by atoms with E-state index >= 15 is 0 Å². The Labute approximate surface area is 102 Å². The molecule has 3 rings (SSSR count). The number of carbonyl (C=O) groups is 1. The van der Waals surface area contributed by atoms with Crippen LogP contribution < -0.4 is 5.32 Å². The smallest absolute Gasteiger partial charge is 0.226 e. The first-order valence-electron chi connectivity index (χ1n) is 6.47. The van der Waals surface area contributed by atoms with Crippen molar-refractivity contribution in [3.05, 3.63) is 29.8 Å². The number of anilines is 1. The number of hydrogen-bond donors (Lipinski definition) is 1. The molecule has 1 unspecified atom stereocenters. The number of nitrogens with zero attached hydrogens (tertiary/aromatic N) is 1. The molecule has 2 heterocycles. The summed E-state index contributed by atoms with van der Waals surface area (Å²) in [5.41, 5.74) is 2.29. The number of para-hydroxylation sites is 1. The van der Waals surface area contributed by atoms with E-state index in [1.54, 1.807) is 0 Å². The van der Waals surface area contributed by atoms with Crippen molar-refractivity contribution in [3.63, 3.8) is 0 Å². The van der Waals surface area contributed by atoms with Crippen LogP contribution in [0.5, 0.6) is 0 Å². The summed E-state index contributed by atoms with van der Waals surface area (Å²) in [6, 6.07) is 8.49. The highest BCUT2D eigenvalue weighted by Crippen LogP contribution is 2.35. The normalized spacial score (nSPS) is 25.2. The Bertz CT molecular complexity index is 424. The van der Waals surface area contributed by atoms with Gasteiger partial charge in [0.05, 0.1) is 0 Å². The SMILES string of the molecule is O=C1CC(N2CCCCC2)c2ccccc2N1. The van der Waals surface area contributed by atoms with Crippen molar-refractivity contribution in [1.29, 1.82) is 0 Å². The summed E-state index contributed by atoms with van der Waals surface area (Å²) in [6.45, 7) is 2.26. The van der Waals surface area contributed by atoms with E-state index in [0.717, 1.165) is 18.8 Å². The van der Waals surface area contributed by atoms with Gasteiger partial charge in [0, 0.05) is 18.2 Å². The Kier molecular flexibility index (Phi) is 2.85. The Morgan fingerprint density at radius 3 is 2.71 bits per heavy atom. The van der Waals surface area contributed by atoms with Crippen LogP contribution in [0.3, 0.4) is 0 Å². The van der Waals surface area contributed by atoms with Crippen molar-refractivity contribution >= 4 is 11.6 Å². The molecule has 3 heteroatoms. The van der Waals surface area contributed by atoms with Crippen molar-refractivity contribution in [2.75, 3.05) is 18.4 Å². The summed E-state index contributed by atoms with van der Waals surface area (Å²) in [4.78, 5) is 14.2. The Hall–Kier alpha value is -1.35. The quantitative estimate of drug-likeness (QED) is 0.804. The van der Waals surface area contributed by atoms with E-state index in [2.05, 4.69) is 22.3 Å². The fourth-order valence-corrected chi connectivity index (χ4v) is 2.94. The number of benzene rings is 1. The second-order valence-electron chi connectivity index (χ2n) is 4.95. The maximum Gasteiger partial charge on any atom is 0.226 e. The average molecular weight is 230 g/mol. The van der Waals surface area contributed by atoms with Crippen LogP contribution in [0.2, 0.25) is 0 Å². The summed E-state index contributed by atoms with van der Waals surface area (Å²) < 4.78 is 0. The molecular formula is C14H18N2O. The van der Waals surface area contributed by atoms with E-state index in [4.69, 9.17) is 0 Å². The third-order valence-corrected chi connectivity index (χ3v) is 3.80. The predicted molar refractivity (Wildman–Crippen MR) is 67.9 cm³/mol. The topological polar surface area (TPSA) is 32.3 Å². The van der Waals surface area contributed by atoms with Gasteiger partial charge in [-0.2, -0.15) is 0 Å².